The third-order valence-corrected chi connectivity index (χ3v) is 4.06. The Labute approximate surface area is 105 Å². The second-order valence-electron chi connectivity index (χ2n) is 3.87. The molecule has 0 saturated carbocycles. The van der Waals surface area contributed by atoms with Crippen LogP contribution in [0.1, 0.15) is 19.8 Å². The first kappa shape index (κ1) is 17.6. The number of ether oxygens (including phenoxy) is 1. The van der Waals surface area contributed by atoms with Crippen LogP contribution < -0.4 is 11.3 Å². The van der Waals surface area contributed by atoms with E-state index >= 15 is 0 Å². The van der Waals surface area contributed by atoms with E-state index in [-0.39, 0.29) is 18.1 Å². The summed E-state index contributed by atoms with van der Waals surface area (Å²) in [4.78, 5) is 0. The summed E-state index contributed by atoms with van der Waals surface area (Å²) >= 11 is 0. The maximum Gasteiger partial charge on any atom is 0.411 e. The molecule has 0 heterocycles. The molecule has 110 valence electrons. The van der Waals surface area contributed by atoms with Crippen molar-refractivity contribution in [1.82, 2.24) is 5.43 Å². The molecule has 0 aromatic heterocycles. The minimum Gasteiger partial charge on any atom is -0.370 e. The van der Waals surface area contributed by atoms with Crippen molar-refractivity contribution < 1.29 is 26.3 Å². The zero-order valence-electron chi connectivity index (χ0n) is 10.2. The van der Waals surface area contributed by atoms with Crippen molar-refractivity contribution in [2.75, 3.05) is 24.7 Å². The molecule has 0 radical (unpaired) electrons. The summed E-state index contributed by atoms with van der Waals surface area (Å²) in [5.74, 6) is 5.20. The average Bonchev–Trinajstić information content (AvgIpc) is 2.25. The maximum atomic E-state index is 11.8. The van der Waals surface area contributed by atoms with Crippen LogP contribution in [0.25, 0.3) is 0 Å². The Morgan fingerprint density at radius 3 is 2.44 bits per heavy atom. The van der Waals surface area contributed by atoms with Crippen LogP contribution in [0.4, 0.5) is 13.2 Å². The van der Waals surface area contributed by atoms with Crippen LogP contribution in [0, 0.1) is 0 Å². The van der Waals surface area contributed by atoms with Gasteiger partial charge in [0.05, 0.1) is 12.4 Å². The molecule has 1 atom stereocenters. The lowest BCUT2D eigenvalue weighted by atomic mass is 10.2. The molecule has 0 amide bonds. The minimum absolute atomic E-state index is 0.000943. The van der Waals surface area contributed by atoms with Gasteiger partial charge in [0.25, 0.3) is 0 Å². The van der Waals surface area contributed by atoms with E-state index in [2.05, 4.69) is 10.2 Å². The molecular weight excluding hydrogens is 273 g/mol. The van der Waals surface area contributed by atoms with Gasteiger partial charge in [-0.2, -0.15) is 13.2 Å². The smallest absolute Gasteiger partial charge is 0.370 e. The van der Waals surface area contributed by atoms with Crippen molar-refractivity contribution in [3.8, 4) is 0 Å². The lowest BCUT2D eigenvalue weighted by Crippen LogP contribution is -2.39. The highest BCUT2D eigenvalue weighted by molar-refractivity contribution is 7.91. The SMILES string of the molecule is CCS(=O)(=O)CCCC(COCC(F)(F)F)NN. The molecule has 5 nitrogen and oxygen atoms in total. The van der Waals surface area contributed by atoms with Crippen molar-refractivity contribution in [2.45, 2.75) is 32.0 Å². The Hall–Kier alpha value is -0.380. The van der Waals surface area contributed by atoms with Crippen LogP contribution in [-0.2, 0) is 14.6 Å². The molecular formula is C9H19F3N2O3S. The number of halogens is 3. The van der Waals surface area contributed by atoms with E-state index < -0.39 is 28.7 Å². The molecule has 0 aliphatic rings. The second-order valence-corrected chi connectivity index (χ2v) is 6.35. The lowest BCUT2D eigenvalue weighted by molar-refractivity contribution is -0.175. The van der Waals surface area contributed by atoms with Crippen molar-refractivity contribution in [3.05, 3.63) is 0 Å². The van der Waals surface area contributed by atoms with E-state index in [0.717, 1.165) is 0 Å². The van der Waals surface area contributed by atoms with Gasteiger partial charge in [0.2, 0.25) is 0 Å². The van der Waals surface area contributed by atoms with Crippen molar-refractivity contribution in [1.29, 1.82) is 0 Å². The first-order valence-corrected chi connectivity index (χ1v) is 7.33. The van der Waals surface area contributed by atoms with Gasteiger partial charge in [-0.3, -0.25) is 11.3 Å². The fourth-order valence-corrected chi connectivity index (χ4v) is 2.12. The van der Waals surface area contributed by atoms with Crippen LogP contribution in [0.15, 0.2) is 0 Å². The number of hydrogen-bond donors (Lipinski definition) is 2. The molecule has 0 aromatic rings. The highest BCUT2D eigenvalue weighted by atomic mass is 32.2. The Morgan fingerprint density at radius 1 is 1.39 bits per heavy atom. The third kappa shape index (κ3) is 9.63. The van der Waals surface area contributed by atoms with Gasteiger partial charge in [0.1, 0.15) is 16.4 Å². The number of sulfone groups is 1. The van der Waals surface area contributed by atoms with Gasteiger partial charge in [-0.05, 0) is 12.8 Å². The Balaban J connectivity index is 3.85. The molecule has 0 aliphatic carbocycles. The molecule has 0 saturated heterocycles. The monoisotopic (exact) mass is 292 g/mol. The molecule has 0 bridgehead atoms. The second kappa shape index (κ2) is 7.93. The summed E-state index contributed by atoms with van der Waals surface area (Å²) in [6.07, 6.45) is -3.70. The summed E-state index contributed by atoms with van der Waals surface area (Å²) < 4.78 is 62.2. The fraction of sp³-hybridized carbons (Fsp3) is 1.00. The molecule has 0 aromatic carbocycles. The predicted molar refractivity (Wildman–Crippen MR) is 61.5 cm³/mol. The maximum absolute atomic E-state index is 11.8. The highest BCUT2D eigenvalue weighted by Crippen LogP contribution is 2.14. The van der Waals surface area contributed by atoms with Gasteiger partial charge in [0.15, 0.2) is 0 Å². The Kier molecular flexibility index (Phi) is 7.76. The lowest BCUT2D eigenvalue weighted by Gasteiger charge is -2.16. The van der Waals surface area contributed by atoms with Crippen LogP contribution in [0.2, 0.25) is 0 Å². The van der Waals surface area contributed by atoms with Gasteiger partial charge < -0.3 is 4.74 Å². The summed E-state index contributed by atoms with van der Waals surface area (Å²) in [5.41, 5.74) is 2.31. The van der Waals surface area contributed by atoms with E-state index in [1.54, 1.807) is 6.92 Å². The summed E-state index contributed by atoms with van der Waals surface area (Å²) in [5, 5.41) is 0. The molecule has 18 heavy (non-hydrogen) atoms. The van der Waals surface area contributed by atoms with E-state index in [9.17, 15) is 21.6 Å². The van der Waals surface area contributed by atoms with Crippen LogP contribution >= 0.6 is 0 Å². The Bertz CT molecular complexity index is 320. The number of rotatable bonds is 9. The van der Waals surface area contributed by atoms with Crippen LogP contribution in [-0.4, -0.2) is 45.4 Å². The van der Waals surface area contributed by atoms with E-state index in [0.29, 0.717) is 12.8 Å². The quantitative estimate of drug-likeness (QED) is 0.481. The first-order chi connectivity index (χ1) is 8.20. The fourth-order valence-electron chi connectivity index (χ4n) is 1.23. The highest BCUT2D eigenvalue weighted by Gasteiger charge is 2.27. The average molecular weight is 292 g/mol. The molecule has 0 fully saturated rings. The summed E-state index contributed by atoms with van der Waals surface area (Å²) in [7, 11) is -3.06. The number of hydrazine groups is 1. The molecule has 9 heteroatoms. The molecule has 1 unspecified atom stereocenters. The Morgan fingerprint density at radius 2 is 2.00 bits per heavy atom. The standard InChI is InChI=1S/C9H19F3N2O3S/c1-2-18(15,16)5-3-4-8(14-13)6-17-7-9(10,11)12/h8,14H,2-7,13H2,1H3. The van der Waals surface area contributed by atoms with Crippen molar-refractivity contribution >= 4 is 9.84 Å². The largest absolute Gasteiger partial charge is 0.411 e. The van der Waals surface area contributed by atoms with Gasteiger partial charge in [-0.1, -0.05) is 6.92 Å². The molecule has 3 N–H and O–H groups in total. The van der Waals surface area contributed by atoms with E-state index in [1.165, 1.54) is 0 Å². The van der Waals surface area contributed by atoms with E-state index in [1.807, 2.05) is 0 Å². The van der Waals surface area contributed by atoms with Crippen molar-refractivity contribution in [3.63, 3.8) is 0 Å². The summed E-state index contributed by atoms with van der Waals surface area (Å²) in [6, 6.07) is -0.487. The third-order valence-electron chi connectivity index (χ3n) is 2.27. The normalized spacial score (nSPS) is 14.7. The summed E-state index contributed by atoms with van der Waals surface area (Å²) in [6.45, 7) is 0.00105. The topological polar surface area (TPSA) is 81.4 Å². The number of nitrogens with two attached hydrogens (primary N) is 1. The van der Waals surface area contributed by atoms with Crippen LogP contribution in [0.5, 0.6) is 0 Å². The van der Waals surface area contributed by atoms with Gasteiger partial charge in [-0.25, -0.2) is 8.42 Å². The molecule has 0 spiro atoms. The predicted octanol–water partition coefficient (Wildman–Crippen LogP) is 0.612. The molecule has 0 rings (SSSR count). The van der Waals surface area contributed by atoms with Gasteiger partial charge >= 0.3 is 6.18 Å². The zero-order chi connectivity index (χ0) is 14.2. The number of hydrogen-bond acceptors (Lipinski definition) is 5. The van der Waals surface area contributed by atoms with Gasteiger partial charge in [0, 0.05) is 11.8 Å². The zero-order valence-corrected chi connectivity index (χ0v) is 11.0. The van der Waals surface area contributed by atoms with Crippen molar-refractivity contribution in [2.24, 2.45) is 5.84 Å². The number of alkyl halides is 3. The minimum atomic E-state index is -4.37. The number of nitrogens with one attached hydrogen (secondary N) is 1. The van der Waals surface area contributed by atoms with Crippen LogP contribution in [0.3, 0.4) is 0 Å². The molecule has 0 aliphatic heterocycles. The van der Waals surface area contributed by atoms with E-state index in [4.69, 9.17) is 5.84 Å². The first-order valence-electron chi connectivity index (χ1n) is 5.51. The van der Waals surface area contributed by atoms with Gasteiger partial charge in [-0.15, -0.1) is 0 Å².